The second-order valence-electron chi connectivity index (χ2n) is 3.33. The summed E-state index contributed by atoms with van der Waals surface area (Å²) in [6.07, 6.45) is 0. The Balaban J connectivity index is 4.40. The number of rotatable bonds is 6. The summed E-state index contributed by atoms with van der Waals surface area (Å²) in [5.74, 6) is -0.342. The smallest absolute Gasteiger partial charge is 0.237 e. The number of hydrogen-bond donors (Lipinski definition) is 3. The molecule has 0 fully saturated rings. The first kappa shape index (κ1) is 14.3. The average Bonchev–Trinajstić information content (AvgIpc) is 2.16. The summed E-state index contributed by atoms with van der Waals surface area (Å²) in [4.78, 5) is 11.3. The Kier molecular flexibility index (Phi) is 5.77. The van der Waals surface area contributed by atoms with Crippen molar-refractivity contribution >= 4 is 15.9 Å². The van der Waals surface area contributed by atoms with Gasteiger partial charge in [0.1, 0.15) is 0 Å². The van der Waals surface area contributed by atoms with Gasteiger partial charge in [0.05, 0.1) is 11.3 Å². The van der Waals surface area contributed by atoms with Crippen molar-refractivity contribution in [3.63, 3.8) is 0 Å². The van der Waals surface area contributed by atoms with Crippen LogP contribution in [0.1, 0.15) is 20.8 Å². The second-order valence-corrected chi connectivity index (χ2v) is 5.46. The topological polar surface area (TPSA) is 101 Å². The molecule has 0 aliphatic heterocycles. The van der Waals surface area contributed by atoms with Crippen LogP contribution in [-0.4, -0.2) is 38.7 Å². The minimum absolute atomic E-state index is 0.0252. The van der Waals surface area contributed by atoms with Crippen molar-refractivity contribution in [2.45, 2.75) is 32.1 Å². The Morgan fingerprint density at radius 2 is 1.93 bits per heavy atom. The third kappa shape index (κ3) is 4.59. The van der Waals surface area contributed by atoms with Crippen molar-refractivity contribution < 1.29 is 13.2 Å². The fourth-order valence-electron chi connectivity index (χ4n) is 0.870. The molecule has 0 bridgehead atoms. The maximum Gasteiger partial charge on any atom is 0.237 e. The SMILES string of the molecule is CCNC(=O)C(C)NS(=O)(=O)C(C)CN. The highest BCUT2D eigenvalue weighted by Crippen LogP contribution is 1.97. The molecule has 0 aliphatic carbocycles. The van der Waals surface area contributed by atoms with Crippen LogP contribution >= 0.6 is 0 Å². The van der Waals surface area contributed by atoms with Gasteiger partial charge in [0.2, 0.25) is 15.9 Å². The van der Waals surface area contributed by atoms with Crippen molar-refractivity contribution in [3.8, 4) is 0 Å². The summed E-state index contributed by atoms with van der Waals surface area (Å²) in [6, 6.07) is -0.774. The molecule has 1 amide bonds. The van der Waals surface area contributed by atoms with E-state index in [1.807, 2.05) is 0 Å². The molecular formula is C8H19N3O3S. The molecule has 0 saturated heterocycles. The van der Waals surface area contributed by atoms with E-state index in [9.17, 15) is 13.2 Å². The van der Waals surface area contributed by atoms with Gasteiger partial charge in [-0.1, -0.05) is 0 Å². The lowest BCUT2D eigenvalue weighted by molar-refractivity contribution is -0.122. The number of carbonyl (C=O) groups is 1. The number of sulfonamides is 1. The van der Waals surface area contributed by atoms with E-state index in [-0.39, 0.29) is 12.5 Å². The summed E-state index contributed by atoms with van der Waals surface area (Å²) >= 11 is 0. The number of likely N-dealkylation sites (N-methyl/N-ethyl adjacent to an activating group) is 1. The molecule has 90 valence electrons. The van der Waals surface area contributed by atoms with Crippen molar-refractivity contribution in [1.82, 2.24) is 10.0 Å². The second kappa shape index (κ2) is 6.04. The van der Waals surface area contributed by atoms with E-state index in [4.69, 9.17) is 5.73 Å². The molecule has 0 rings (SSSR count). The number of amides is 1. The highest BCUT2D eigenvalue weighted by Gasteiger charge is 2.24. The normalized spacial score (nSPS) is 15.7. The van der Waals surface area contributed by atoms with Crippen LogP contribution < -0.4 is 15.8 Å². The van der Waals surface area contributed by atoms with Gasteiger partial charge in [-0.3, -0.25) is 4.79 Å². The first-order chi connectivity index (χ1) is 6.85. The van der Waals surface area contributed by atoms with Crippen LogP contribution in [-0.2, 0) is 14.8 Å². The molecule has 0 aromatic heterocycles. The lowest BCUT2D eigenvalue weighted by Crippen LogP contribution is -2.48. The number of hydrogen-bond acceptors (Lipinski definition) is 4. The maximum atomic E-state index is 11.5. The Bertz CT molecular complexity index is 302. The third-order valence-electron chi connectivity index (χ3n) is 1.95. The van der Waals surface area contributed by atoms with Crippen molar-refractivity contribution in [1.29, 1.82) is 0 Å². The fourth-order valence-corrected chi connectivity index (χ4v) is 1.96. The Labute approximate surface area is 90.7 Å². The molecule has 4 N–H and O–H groups in total. The van der Waals surface area contributed by atoms with E-state index in [1.165, 1.54) is 13.8 Å². The van der Waals surface area contributed by atoms with Gasteiger partial charge < -0.3 is 11.1 Å². The Morgan fingerprint density at radius 1 is 1.40 bits per heavy atom. The van der Waals surface area contributed by atoms with Crippen molar-refractivity contribution in [3.05, 3.63) is 0 Å². The molecule has 2 unspecified atom stereocenters. The number of nitrogens with two attached hydrogens (primary N) is 1. The fraction of sp³-hybridized carbons (Fsp3) is 0.875. The molecule has 0 spiro atoms. The molecule has 6 nitrogen and oxygen atoms in total. The first-order valence-electron chi connectivity index (χ1n) is 4.84. The number of carbonyl (C=O) groups excluding carboxylic acids is 1. The van der Waals surface area contributed by atoms with Crippen LogP contribution in [0.2, 0.25) is 0 Å². The zero-order valence-electron chi connectivity index (χ0n) is 9.28. The molecule has 0 heterocycles. The van der Waals surface area contributed by atoms with Gasteiger partial charge in [-0.05, 0) is 20.8 Å². The minimum atomic E-state index is -3.51. The molecule has 0 aliphatic rings. The summed E-state index contributed by atoms with van der Waals surface area (Å²) in [5, 5.41) is 1.83. The highest BCUT2D eigenvalue weighted by molar-refractivity contribution is 7.90. The molecule has 0 aromatic carbocycles. The zero-order valence-corrected chi connectivity index (χ0v) is 10.1. The summed E-state index contributed by atoms with van der Waals surface area (Å²) in [5.41, 5.74) is 5.25. The van der Waals surface area contributed by atoms with Crippen LogP contribution in [0, 0.1) is 0 Å². The Hall–Kier alpha value is -0.660. The van der Waals surface area contributed by atoms with Gasteiger partial charge in [0, 0.05) is 13.1 Å². The molecule has 2 atom stereocenters. The van der Waals surface area contributed by atoms with E-state index in [0.717, 1.165) is 0 Å². The highest BCUT2D eigenvalue weighted by atomic mass is 32.2. The van der Waals surface area contributed by atoms with E-state index in [0.29, 0.717) is 6.54 Å². The monoisotopic (exact) mass is 237 g/mol. The van der Waals surface area contributed by atoms with Gasteiger partial charge in [-0.15, -0.1) is 0 Å². The van der Waals surface area contributed by atoms with E-state index in [1.54, 1.807) is 6.92 Å². The van der Waals surface area contributed by atoms with Crippen LogP contribution in [0.4, 0.5) is 0 Å². The maximum absolute atomic E-state index is 11.5. The standard InChI is InChI=1S/C8H19N3O3S/c1-4-10-8(12)7(3)11-15(13,14)6(2)5-9/h6-7,11H,4-5,9H2,1-3H3,(H,10,12). The predicted molar refractivity (Wildman–Crippen MR) is 58.7 cm³/mol. The lowest BCUT2D eigenvalue weighted by atomic mass is 10.3. The van der Waals surface area contributed by atoms with Crippen LogP contribution in [0.5, 0.6) is 0 Å². The van der Waals surface area contributed by atoms with E-state index in [2.05, 4.69) is 10.0 Å². The molecule has 15 heavy (non-hydrogen) atoms. The quantitative estimate of drug-likeness (QED) is 0.539. The molecule has 0 radical (unpaired) electrons. The number of nitrogens with one attached hydrogen (secondary N) is 2. The summed E-state index contributed by atoms with van der Waals surface area (Å²) in [6.45, 7) is 5.25. The summed E-state index contributed by atoms with van der Waals surface area (Å²) in [7, 11) is -3.51. The largest absolute Gasteiger partial charge is 0.355 e. The van der Waals surface area contributed by atoms with Crippen LogP contribution in [0.3, 0.4) is 0 Å². The van der Waals surface area contributed by atoms with Crippen LogP contribution in [0.25, 0.3) is 0 Å². The lowest BCUT2D eigenvalue weighted by Gasteiger charge is -2.16. The summed E-state index contributed by atoms with van der Waals surface area (Å²) < 4.78 is 25.3. The molecular weight excluding hydrogens is 218 g/mol. The first-order valence-corrected chi connectivity index (χ1v) is 6.38. The van der Waals surface area contributed by atoms with Gasteiger partial charge in [-0.2, -0.15) is 0 Å². The predicted octanol–water partition coefficient (Wildman–Crippen LogP) is -1.22. The van der Waals surface area contributed by atoms with Gasteiger partial charge >= 0.3 is 0 Å². The molecule has 0 aromatic rings. The Morgan fingerprint density at radius 3 is 2.33 bits per heavy atom. The van der Waals surface area contributed by atoms with Gasteiger partial charge in [0.15, 0.2) is 0 Å². The van der Waals surface area contributed by atoms with Gasteiger partial charge in [0.25, 0.3) is 0 Å². The minimum Gasteiger partial charge on any atom is -0.355 e. The molecule has 0 saturated carbocycles. The van der Waals surface area contributed by atoms with E-state index >= 15 is 0 Å². The van der Waals surface area contributed by atoms with Crippen molar-refractivity contribution in [2.24, 2.45) is 5.73 Å². The third-order valence-corrected chi connectivity index (χ3v) is 3.88. The van der Waals surface area contributed by atoms with Gasteiger partial charge in [-0.25, -0.2) is 13.1 Å². The average molecular weight is 237 g/mol. The molecule has 7 heteroatoms. The van der Waals surface area contributed by atoms with Crippen LogP contribution in [0.15, 0.2) is 0 Å². The van der Waals surface area contributed by atoms with Crippen molar-refractivity contribution in [2.75, 3.05) is 13.1 Å². The van der Waals surface area contributed by atoms with E-state index < -0.39 is 21.3 Å². The zero-order chi connectivity index (χ0) is 12.1.